The monoisotopic (exact) mass is 324 g/mol. The number of piperidine rings is 1. The van der Waals surface area contributed by atoms with Gasteiger partial charge in [0, 0.05) is 16.7 Å². The summed E-state index contributed by atoms with van der Waals surface area (Å²) in [6, 6.07) is 5.93. The Morgan fingerprint density at radius 1 is 1.53 bits per heavy atom. The molecule has 2 N–H and O–H groups in total. The first-order valence-corrected chi connectivity index (χ1v) is 7.65. The third kappa shape index (κ3) is 3.18. The zero-order valence-corrected chi connectivity index (χ0v) is 13.1. The molecule has 4 heteroatoms. The standard InChI is InChI=1S/C15H21BrN2O/c1-3-15(7-4-8-17-10-15)14(19)18-12-6-5-11(2)13(16)9-12/h5-6,9,17H,3-4,7-8,10H2,1-2H3,(H,18,19). The average molecular weight is 325 g/mol. The van der Waals surface area contributed by atoms with Crippen molar-refractivity contribution in [2.75, 3.05) is 18.4 Å². The molecule has 19 heavy (non-hydrogen) atoms. The third-order valence-electron chi connectivity index (χ3n) is 4.06. The van der Waals surface area contributed by atoms with Crippen LogP contribution in [0.2, 0.25) is 0 Å². The minimum absolute atomic E-state index is 0.137. The van der Waals surface area contributed by atoms with E-state index < -0.39 is 0 Å². The largest absolute Gasteiger partial charge is 0.326 e. The normalized spacial score (nSPS) is 23.1. The summed E-state index contributed by atoms with van der Waals surface area (Å²) in [6.45, 7) is 5.93. The van der Waals surface area contributed by atoms with Crippen molar-refractivity contribution in [1.82, 2.24) is 5.32 Å². The van der Waals surface area contributed by atoms with Gasteiger partial charge in [0.25, 0.3) is 0 Å². The Balaban J connectivity index is 2.12. The maximum atomic E-state index is 12.6. The second kappa shape index (κ2) is 6.06. The van der Waals surface area contributed by atoms with Crippen molar-refractivity contribution >= 4 is 27.5 Å². The number of hydrogen-bond donors (Lipinski definition) is 2. The van der Waals surface area contributed by atoms with Crippen LogP contribution >= 0.6 is 15.9 Å². The van der Waals surface area contributed by atoms with Crippen molar-refractivity contribution in [3.05, 3.63) is 28.2 Å². The molecule has 0 radical (unpaired) electrons. The van der Waals surface area contributed by atoms with Crippen LogP contribution in [0.4, 0.5) is 5.69 Å². The molecule has 1 atom stereocenters. The predicted octanol–water partition coefficient (Wildman–Crippen LogP) is 3.48. The van der Waals surface area contributed by atoms with Gasteiger partial charge < -0.3 is 10.6 Å². The summed E-state index contributed by atoms with van der Waals surface area (Å²) in [5, 5.41) is 6.41. The van der Waals surface area contributed by atoms with Crippen LogP contribution in [-0.4, -0.2) is 19.0 Å². The molecule has 1 aromatic rings. The van der Waals surface area contributed by atoms with Crippen LogP contribution < -0.4 is 10.6 Å². The molecule has 1 aliphatic rings. The highest BCUT2D eigenvalue weighted by molar-refractivity contribution is 9.10. The number of halogens is 1. The van der Waals surface area contributed by atoms with Gasteiger partial charge >= 0.3 is 0 Å². The summed E-state index contributed by atoms with van der Waals surface area (Å²) >= 11 is 3.50. The van der Waals surface area contributed by atoms with E-state index in [1.165, 1.54) is 5.56 Å². The molecule has 3 nitrogen and oxygen atoms in total. The minimum Gasteiger partial charge on any atom is -0.326 e. The molecule has 0 aliphatic carbocycles. The number of rotatable bonds is 3. The number of hydrogen-bond acceptors (Lipinski definition) is 2. The number of carbonyl (C=O) groups excluding carboxylic acids is 1. The molecule has 0 aromatic heterocycles. The van der Waals surface area contributed by atoms with E-state index in [4.69, 9.17) is 0 Å². The van der Waals surface area contributed by atoms with E-state index in [1.807, 2.05) is 25.1 Å². The zero-order valence-electron chi connectivity index (χ0n) is 11.6. The van der Waals surface area contributed by atoms with Gasteiger partial charge in [0.05, 0.1) is 5.41 Å². The van der Waals surface area contributed by atoms with Crippen molar-refractivity contribution in [2.24, 2.45) is 5.41 Å². The summed E-state index contributed by atoms with van der Waals surface area (Å²) in [4.78, 5) is 12.6. The lowest BCUT2D eigenvalue weighted by molar-refractivity contribution is -0.126. The highest BCUT2D eigenvalue weighted by Gasteiger charge is 2.37. The van der Waals surface area contributed by atoms with Crippen LogP contribution in [0.1, 0.15) is 31.7 Å². The summed E-state index contributed by atoms with van der Waals surface area (Å²) in [6.07, 6.45) is 2.91. The second-order valence-electron chi connectivity index (χ2n) is 5.33. The lowest BCUT2D eigenvalue weighted by Gasteiger charge is -2.35. The van der Waals surface area contributed by atoms with Crippen LogP contribution in [0.15, 0.2) is 22.7 Å². The number of carbonyl (C=O) groups is 1. The maximum Gasteiger partial charge on any atom is 0.231 e. The highest BCUT2D eigenvalue weighted by atomic mass is 79.9. The summed E-state index contributed by atoms with van der Waals surface area (Å²) in [5.41, 5.74) is 1.78. The van der Waals surface area contributed by atoms with E-state index in [0.29, 0.717) is 0 Å². The molecule has 1 heterocycles. The quantitative estimate of drug-likeness (QED) is 0.893. The van der Waals surface area contributed by atoms with Gasteiger partial charge in [-0.05, 0) is 50.4 Å². The van der Waals surface area contributed by atoms with Gasteiger partial charge in [0.1, 0.15) is 0 Å². The molecule has 1 unspecified atom stereocenters. The van der Waals surface area contributed by atoms with Crippen LogP contribution in [0, 0.1) is 12.3 Å². The van der Waals surface area contributed by atoms with Gasteiger partial charge in [-0.2, -0.15) is 0 Å². The molecule has 1 saturated heterocycles. The molecule has 1 aliphatic heterocycles. The first kappa shape index (κ1) is 14.5. The van der Waals surface area contributed by atoms with Crippen molar-refractivity contribution in [3.8, 4) is 0 Å². The number of anilines is 1. The van der Waals surface area contributed by atoms with E-state index >= 15 is 0 Å². The molecular formula is C15H21BrN2O. The first-order valence-electron chi connectivity index (χ1n) is 6.86. The van der Waals surface area contributed by atoms with Crippen LogP contribution in [0.3, 0.4) is 0 Å². The molecule has 2 rings (SSSR count). The zero-order chi connectivity index (χ0) is 13.9. The minimum atomic E-state index is -0.254. The van der Waals surface area contributed by atoms with Gasteiger partial charge in [-0.1, -0.05) is 28.9 Å². The van der Waals surface area contributed by atoms with Gasteiger partial charge in [0.15, 0.2) is 0 Å². The fraction of sp³-hybridized carbons (Fsp3) is 0.533. The summed E-state index contributed by atoms with van der Waals surface area (Å²) < 4.78 is 1.03. The first-order chi connectivity index (χ1) is 9.07. The van der Waals surface area contributed by atoms with Crippen LogP contribution in [0.25, 0.3) is 0 Å². The van der Waals surface area contributed by atoms with E-state index in [9.17, 15) is 4.79 Å². The van der Waals surface area contributed by atoms with E-state index in [2.05, 4.69) is 33.5 Å². The van der Waals surface area contributed by atoms with Gasteiger partial charge in [0.2, 0.25) is 5.91 Å². The molecular weight excluding hydrogens is 304 g/mol. The molecule has 0 spiro atoms. The van der Waals surface area contributed by atoms with Crippen molar-refractivity contribution in [3.63, 3.8) is 0 Å². The Hall–Kier alpha value is -0.870. The third-order valence-corrected chi connectivity index (χ3v) is 4.91. The highest BCUT2D eigenvalue weighted by Crippen LogP contribution is 2.32. The molecule has 0 bridgehead atoms. The van der Waals surface area contributed by atoms with Crippen molar-refractivity contribution in [2.45, 2.75) is 33.1 Å². The van der Waals surface area contributed by atoms with Gasteiger partial charge in [-0.3, -0.25) is 4.79 Å². The molecule has 1 fully saturated rings. The Morgan fingerprint density at radius 3 is 2.89 bits per heavy atom. The Labute approximate surface area is 123 Å². The smallest absolute Gasteiger partial charge is 0.231 e. The average Bonchev–Trinajstić information content (AvgIpc) is 2.43. The van der Waals surface area contributed by atoms with E-state index in [0.717, 1.165) is 42.5 Å². The van der Waals surface area contributed by atoms with Crippen LogP contribution in [0.5, 0.6) is 0 Å². The molecule has 0 saturated carbocycles. The Bertz CT molecular complexity index is 467. The van der Waals surface area contributed by atoms with Crippen molar-refractivity contribution in [1.29, 1.82) is 0 Å². The fourth-order valence-corrected chi connectivity index (χ4v) is 2.94. The molecule has 1 amide bonds. The van der Waals surface area contributed by atoms with Gasteiger partial charge in [-0.15, -0.1) is 0 Å². The van der Waals surface area contributed by atoms with Gasteiger partial charge in [-0.25, -0.2) is 0 Å². The van der Waals surface area contributed by atoms with Crippen molar-refractivity contribution < 1.29 is 4.79 Å². The number of aryl methyl sites for hydroxylation is 1. The van der Waals surface area contributed by atoms with E-state index in [-0.39, 0.29) is 11.3 Å². The number of benzene rings is 1. The Morgan fingerprint density at radius 2 is 2.32 bits per heavy atom. The number of nitrogens with one attached hydrogen (secondary N) is 2. The molecule has 104 valence electrons. The topological polar surface area (TPSA) is 41.1 Å². The SMILES string of the molecule is CCC1(C(=O)Nc2ccc(C)c(Br)c2)CCCNC1. The number of amides is 1. The predicted molar refractivity (Wildman–Crippen MR) is 82.3 cm³/mol. The lowest BCUT2D eigenvalue weighted by Crippen LogP contribution is -2.47. The van der Waals surface area contributed by atoms with E-state index in [1.54, 1.807) is 0 Å². The van der Waals surface area contributed by atoms with Crippen LogP contribution in [-0.2, 0) is 4.79 Å². The lowest BCUT2D eigenvalue weighted by atomic mass is 9.77. The molecule has 1 aromatic carbocycles. The maximum absolute atomic E-state index is 12.6. The summed E-state index contributed by atoms with van der Waals surface area (Å²) in [5.74, 6) is 0.137. The summed E-state index contributed by atoms with van der Waals surface area (Å²) in [7, 11) is 0. The fourth-order valence-electron chi connectivity index (χ4n) is 2.56. The second-order valence-corrected chi connectivity index (χ2v) is 6.19. The Kier molecular flexibility index (Phi) is 4.63.